The lowest BCUT2D eigenvalue weighted by Gasteiger charge is -2.58. The standard InChI is InChI=1S/C18H23NO2/c1-21-14-6-5-13-10-17-15-4-2-3-7-18(15,16(13)11-14)8-9-19(17)12-20/h5-6,11-12,15,17H,2-4,7-10H2,1H3/t15-,17+,18?/m0/s1. The molecule has 3 heteroatoms. The first kappa shape index (κ1) is 13.2. The van der Waals surface area contributed by atoms with Crippen LogP contribution in [0.5, 0.6) is 5.75 Å². The normalized spacial score (nSPS) is 33.9. The number of piperidine rings is 1. The van der Waals surface area contributed by atoms with E-state index >= 15 is 0 Å². The molecule has 1 aliphatic heterocycles. The van der Waals surface area contributed by atoms with E-state index in [1.165, 1.54) is 36.8 Å². The quantitative estimate of drug-likeness (QED) is 0.782. The molecule has 3 nitrogen and oxygen atoms in total. The fourth-order valence-electron chi connectivity index (χ4n) is 5.27. The van der Waals surface area contributed by atoms with Crippen molar-refractivity contribution in [1.29, 1.82) is 0 Å². The van der Waals surface area contributed by atoms with Gasteiger partial charge in [-0.3, -0.25) is 4.79 Å². The first-order chi connectivity index (χ1) is 10.3. The lowest BCUT2D eigenvalue weighted by atomic mass is 9.52. The number of ether oxygens (including phenoxy) is 1. The Kier molecular flexibility index (Phi) is 2.98. The second kappa shape index (κ2) is 4.75. The molecule has 2 aliphatic carbocycles. The summed E-state index contributed by atoms with van der Waals surface area (Å²) in [6.45, 7) is 0.918. The van der Waals surface area contributed by atoms with E-state index in [1.807, 2.05) is 0 Å². The number of amides is 1. The summed E-state index contributed by atoms with van der Waals surface area (Å²) < 4.78 is 5.47. The van der Waals surface area contributed by atoms with E-state index in [2.05, 4.69) is 23.1 Å². The van der Waals surface area contributed by atoms with Crippen molar-refractivity contribution < 1.29 is 9.53 Å². The summed E-state index contributed by atoms with van der Waals surface area (Å²) in [5, 5.41) is 0. The number of nitrogens with zero attached hydrogens (tertiary/aromatic N) is 1. The van der Waals surface area contributed by atoms with E-state index < -0.39 is 0 Å². The van der Waals surface area contributed by atoms with E-state index in [0.717, 1.165) is 31.5 Å². The second-order valence-electron chi connectivity index (χ2n) is 6.90. The molecule has 0 N–H and O–H groups in total. The molecule has 112 valence electrons. The van der Waals surface area contributed by atoms with E-state index in [4.69, 9.17) is 4.74 Å². The summed E-state index contributed by atoms with van der Waals surface area (Å²) >= 11 is 0. The van der Waals surface area contributed by atoms with Crippen LogP contribution >= 0.6 is 0 Å². The van der Waals surface area contributed by atoms with Crippen LogP contribution in [0.4, 0.5) is 0 Å². The van der Waals surface area contributed by atoms with Crippen LogP contribution in [0.2, 0.25) is 0 Å². The van der Waals surface area contributed by atoms with Gasteiger partial charge in [0.2, 0.25) is 6.41 Å². The highest BCUT2D eigenvalue weighted by molar-refractivity contribution is 5.52. The van der Waals surface area contributed by atoms with Gasteiger partial charge in [0.25, 0.3) is 0 Å². The number of carbonyl (C=O) groups is 1. The SMILES string of the molecule is COc1ccc2c(c1)C13CCCC[C@H]1[C@@H](C2)N(C=O)CC3. The van der Waals surface area contributed by atoms with Crippen LogP contribution in [0.3, 0.4) is 0 Å². The van der Waals surface area contributed by atoms with Gasteiger partial charge in [0.05, 0.1) is 7.11 Å². The average Bonchev–Trinajstić information content (AvgIpc) is 2.54. The van der Waals surface area contributed by atoms with Gasteiger partial charge in [0.1, 0.15) is 5.75 Å². The summed E-state index contributed by atoms with van der Waals surface area (Å²) in [4.78, 5) is 13.5. The predicted octanol–water partition coefficient (Wildman–Crippen LogP) is 2.91. The average molecular weight is 285 g/mol. The van der Waals surface area contributed by atoms with Gasteiger partial charge in [-0.1, -0.05) is 18.9 Å². The minimum absolute atomic E-state index is 0.296. The minimum atomic E-state index is 0.296. The molecule has 0 radical (unpaired) electrons. The molecule has 3 aliphatic rings. The highest BCUT2D eigenvalue weighted by atomic mass is 16.5. The number of likely N-dealkylation sites (tertiary alicyclic amines) is 1. The third-order valence-electron chi connectivity index (χ3n) is 6.22. The number of hydrogen-bond donors (Lipinski definition) is 0. The van der Waals surface area contributed by atoms with Gasteiger partial charge < -0.3 is 9.64 Å². The predicted molar refractivity (Wildman–Crippen MR) is 81.5 cm³/mol. The molecule has 1 unspecified atom stereocenters. The van der Waals surface area contributed by atoms with Crippen molar-refractivity contribution >= 4 is 6.41 Å². The maximum Gasteiger partial charge on any atom is 0.209 e. The summed E-state index contributed by atoms with van der Waals surface area (Å²) in [6, 6.07) is 6.99. The highest BCUT2D eigenvalue weighted by Gasteiger charge is 2.53. The Morgan fingerprint density at radius 1 is 1.33 bits per heavy atom. The maximum atomic E-state index is 11.5. The molecule has 0 spiro atoms. The zero-order valence-corrected chi connectivity index (χ0v) is 12.7. The smallest absolute Gasteiger partial charge is 0.209 e. The largest absolute Gasteiger partial charge is 0.497 e. The third kappa shape index (κ3) is 1.76. The zero-order chi connectivity index (χ0) is 14.4. The molecule has 1 aromatic rings. The molecule has 1 heterocycles. The van der Waals surface area contributed by atoms with E-state index in [-0.39, 0.29) is 0 Å². The van der Waals surface area contributed by atoms with Crippen LogP contribution in [0, 0.1) is 5.92 Å². The fraction of sp³-hybridized carbons (Fsp3) is 0.611. The van der Waals surface area contributed by atoms with Gasteiger partial charge in [-0.25, -0.2) is 0 Å². The van der Waals surface area contributed by atoms with Gasteiger partial charge in [0.15, 0.2) is 0 Å². The Morgan fingerprint density at radius 2 is 2.24 bits per heavy atom. The van der Waals surface area contributed by atoms with Gasteiger partial charge in [0, 0.05) is 18.0 Å². The van der Waals surface area contributed by atoms with Crippen LogP contribution in [0.15, 0.2) is 18.2 Å². The van der Waals surface area contributed by atoms with Crippen LogP contribution in [-0.4, -0.2) is 31.0 Å². The van der Waals surface area contributed by atoms with Crippen LogP contribution in [-0.2, 0) is 16.6 Å². The zero-order valence-electron chi connectivity index (χ0n) is 12.7. The molecule has 4 rings (SSSR count). The molecule has 1 saturated heterocycles. The van der Waals surface area contributed by atoms with Crippen molar-refractivity contribution in [3.8, 4) is 5.75 Å². The van der Waals surface area contributed by atoms with Crippen LogP contribution in [0.25, 0.3) is 0 Å². The third-order valence-corrected chi connectivity index (χ3v) is 6.22. The molecule has 2 fully saturated rings. The molecule has 21 heavy (non-hydrogen) atoms. The first-order valence-corrected chi connectivity index (χ1v) is 8.17. The molecular formula is C18H23NO2. The lowest BCUT2D eigenvalue weighted by molar-refractivity contribution is -0.126. The number of methoxy groups -OCH3 is 1. The number of benzene rings is 1. The van der Waals surface area contributed by atoms with Gasteiger partial charge in [-0.2, -0.15) is 0 Å². The molecule has 1 aromatic carbocycles. The Labute approximate surface area is 126 Å². The van der Waals surface area contributed by atoms with Gasteiger partial charge >= 0.3 is 0 Å². The van der Waals surface area contributed by atoms with Crippen LogP contribution < -0.4 is 4.74 Å². The van der Waals surface area contributed by atoms with Gasteiger partial charge in [-0.15, -0.1) is 0 Å². The molecule has 1 saturated carbocycles. The Balaban J connectivity index is 1.87. The van der Waals surface area contributed by atoms with Crippen molar-refractivity contribution in [2.24, 2.45) is 5.92 Å². The number of carbonyl (C=O) groups excluding carboxylic acids is 1. The van der Waals surface area contributed by atoms with Crippen molar-refractivity contribution in [2.45, 2.75) is 50.0 Å². The molecular weight excluding hydrogens is 262 g/mol. The van der Waals surface area contributed by atoms with Crippen molar-refractivity contribution in [1.82, 2.24) is 4.90 Å². The highest BCUT2D eigenvalue weighted by Crippen LogP contribution is 2.55. The number of rotatable bonds is 2. The Hall–Kier alpha value is -1.51. The molecule has 2 bridgehead atoms. The molecule has 3 atom stereocenters. The van der Waals surface area contributed by atoms with Gasteiger partial charge in [-0.05, 0) is 54.9 Å². The summed E-state index contributed by atoms with van der Waals surface area (Å²) in [7, 11) is 1.75. The number of hydrogen-bond acceptors (Lipinski definition) is 2. The van der Waals surface area contributed by atoms with Crippen molar-refractivity contribution in [3.63, 3.8) is 0 Å². The first-order valence-electron chi connectivity index (χ1n) is 8.17. The van der Waals surface area contributed by atoms with Crippen LogP contribution in [0.1, 0.15) is 43.2 Å². The monoisotopic (exact) mass is 285 g/mol. The second-order valence-corrected chi connectivity index (χ2v) is 6.90. The van der Waals surface area contributed by atoms with Crippen molar-refractivity contribution in [3.05, 3.63) is 29.3 Å². The lowest BCUT2D eigenvalue weighted by Crippen LogP contribution is -2.60. The minimum Gasteiger partial charge on any atom is -0.497 e. The van der Waals surface area contributed by atoms with E-state index in [9.17, 15) is 4.79 Å². The topological polar surface area (TPSA) is 29.5 Å². The maximum absolute atomic E-state index is 11.5. The van der Waals surface area contributed by atoms with E-state index in [0.29, 0.717) is 17.4 Å². The van der Waals surface area contributed by atoms with Crippen molar-refractivity contribution in [2.75, 3.05) is 13.7 Å². The molecule has 0 aromatic heterocycles. The summed E-state index contributed by atoms with van der Waals surface area (Å²) in [6.07, 6.45) is 8.40. The summed E-state index contributed by atoms with van der Waals surface area (Å²) in [5.74, 6) is 1.62. The Bertz CT molecular complexity index is 570. The number of fused-ring (bicyclic) bond motifs is 1. The Morgan fingerprint density at radius 3 is 3.05 bits per heavy atom. The summed E-state index contributed by atoms with van der Waals surface area (Å²) in [5.41, 5.74) is 3.25. The fourth-order valence-corrected chi connectivity index (χ4v) is 5.27. The van der Waals surface area contributed by atoms with E-state index in [1.54, 1.807) is 7.11 Å². The molecule has 1 amide bonds.